The maximum atomic E-state index is 13.1. The fraction of sp³-hybridized carbons (Fsp3) is 0.375. The molecular formula is C16H20FN5O3S. The number of benzene rings is 1. The summed E-state index contributed by atoms with van der Waals surface area (Å²) in [5.74, 6) is -0.140. The number of nitrogens with zero attached hydrogens (tertiary/aromatic N) is 3. The second kappa shape index (κ2) is 9.20. The quantitative estimate of drug-likeness (QED) is 0.765. The third kappa shape index (κ3) is 5.74. The van der Waals surface area contributed by atoms with Crippen LogP contribution < -0.4 is 10.6 Å². The van der Waals surface area contributed by atoms with Crippen LogP contribution in [0.5, 0.6) is 0 Å². The molecule has 8 nitrogen and oxygen atoms in total. The summed E-state index contributed by atoms with van der Waals surface area (Å²) < 4.78 is 22.2. The number of ether oxygens (including phenoxy) is 1. The van der Waals surface area contributed by atoms with Gasteiger partial charge in [-0.3, -0.25) is 10.1 Å². The fourth-order valence-corrected chi connectivity index (χ4v) is 2.62. The van der Waals surface area contributed by atoms with Crippen molar-refractivity contribution in [3.05, 3.63) is 41.5 Å². The van der Waals surface area contributed by atoms with E-state index in [9.17, 15) is 14.0 Å². The van der Waals surface area contributed by atoms with Crippen LogP contribution in [0, 0.1) is 5.82 Å². The fourth-order valence-electron chi connectivity index (χ4n) is 2.04. The van der Waals surface area contributed by atoms with Gasteiger partial charge in [0.1, 0.15) is 11.9 Å². The molecule has 0 aliphatic rings. The van der Waals surface area contributed by atoms with Gasteiger partial charge >= 0.3 is 6.03 Å². The van der Waals surface area contributed by atoms with Gasteiger partial charge in [0.05, 0.1) is 6.54 Å². The zero-order valence-corrected chi connectivity index (χ0v) is 15.5. The first-order valence-electron chi connectivity index (χ1n) is 7.78. The number of carbonyl (C=O) groups excluding carboxylic acids is 2. The molecule has 1 aromatic heterocycles. The molecule has 2 aromatic rings. The number of urea groups is 1. The molecule has 1 heterocycles. The number of likely N-dealkylation sites (N-methyl/N-ethyl adjacent to an activating group) is 1. The van der Waals surface area contributed by atoms with Crippen LogP contribution in [0.15, 0.2) is 24.3 Å². The van der Waals surface area contributed by atoms with E-state index >= 15 is 0 Å². The minimum absolute atomic E-state index is 0.182. The van der Waals surface area contributed by atoms with Gasteiger partial charge in [0, 0.05) is 32.2 Å². The summed E-state index contributed by atoms with van der Waals surface area (Å²) in [6.45, 7) is 2.04. The summed E-state index contributed by atoms with van der Waals surface area (Å²) >= 11 is 1.01. The Morgan fingerprint density at radius 1 is 1.42 bits per heavy atom. The molecule has 2 N–H and O–H groups in total. The van der Waals surface area contributed by atoms with Crippen LogP contribution in [-0.4, -0.2) is 46.5 Å². The average Bonchev–Trinajstić information content (AvgIpc) is 3.05. The van der Waals surface area contributed by atoms with E-state index in [0.29, 0.717) is 16.5 Å². The lowest BCUT2D eigenvalue weighted by Gasteiger charge is -2.18. The molecule has 140 valence electrons. The summed E-state index contributed by atoms with van der Waals surface area (Å²) in [5.41, 5.74) is 0.644. The molecule has 0 saturated heterocycles. The monoisotopic (exact) mass is 381 g/mol. The van der Waals surface area contributed by atoms with E-state index in [1.165, 1.54) is 24.1 Å². The van der Waals surface area contributed by atoms with E-state index < -0.39 is 12.1 Å². The molecule has 10 heteroatoms. The summed E-state index contributed by atoms with van der Waals surface area (Å²) in [7, 11) is 3.08. The summed E-state index contributed by atoms with van der Waals surface area (Å²) in [4.78, 5) is 29.4. The predicted molar refractivity (Wildman–Crippen MR) is 95.1 cm³/mol. The molecule has 0 unspecified atom stereocenters. The third-order valence-electron chi connectivity index (χ3n) is 3.49. The van der Waals surface area contributed by atoms with Gasteiger partial charge < -0.3 is 15.0 Å². The minimum atomic E-state index is -0.551. The molecule has 0 fully saturated rings. The predicted octanol–water partition coefficient (Wildman–Crippen LogP) is 1.99. The number of carbonyl (C=O) groups is 2. The van der Waals surface area contributed by atoms with Crippen molar-refractivity contribution < 1.29 is 18.7 Å². The topological polar surface area (TPSA) is 96.5 Å². The van der Waals surface area contributed by atoms with Crippen LogP contribution in [0.2, 0.25) is 0 Å². The van der Waals surface area contributed by atoms with E-state index in [0.717, 1.165) is 11.5 Å². The van der Waals surface area contributed by atoms with E-state index in [1.807, 2.05) is 0 Å². The molecule has 0 aliphatic heterocycles. The van der Waals surface area contributed by atoms with Crippen molar-refractivity contribution in [2.75, 3.05) is 19.5 Å². The Bertz CT molecular complexity index is 770. The SMILES string of the molecule is CO[C@H](C)C(=O)N(C)Cc1nsc(NC(=O)NCc2cccc(F)c2)n1. The zero-order chi connectivity index (χ0) is 19.1. The van der Waals surface area contributed by atoms with Crippen molar-refractivity contribution in [2.45, 2.75) is 26.1 Å². The maximum Gasteiger partial charge on any atom is 0.321 e. The highest BCUT2D eigenvalue weighted by atomic mass is 32.1. The zero-order valence-electron chi connectivity index (χ0n) is 14.7. The largest absolute Gasteiger partial charge is 0.372 e. The Balaban J connectivity index is 1.83. The van der Waals surface area contributed by atoms with E-state index in [-0.39, 0.29) is 24.8 Å². The van der Waals surface area contributed by atoms with Gasteiger partial charge in [-0.15, -0.1) is 0 Å². The van der Waals surface area contributed by atoms with Crippen molar-refractivity contribution in [1.29, 1.82) is 0 Å². The Morgan fingerprint density at radius 3 is 2.88 bits per heavy atom. The molecule has 1 atom stereocenters. The van der Waals surface area contributed by atoms with Crippen LogP contribution in [0.4, 0.5) is 14.3 Å². The number of aromatic nitrogens is 2. The molecule has 26 heavy (non-hydrogen) atoms. The first kappa shape index (κ1) is 19.7. The molecule has 2 rings (SSSR count). The van der Waals surface area contributed by atoms with Crippen molar-refractivity contribution in [3.8, 4) is 0 Å². The Hall–Kier alpha value is -2.59. The second-order valence-electron chi connectivity index (χ2n) is 5.53. The van der Waals surface area contributed by atoms with E-state index in [2.05, 4.69) is 20.0 Å². The number of hydrogen-bond donors (Lipinski definition) is 2. The standard InChI is InChI=1S/C16H20FN5O3S/c1-10(25-3)14(23)22(2)9-13-19-16(26-21-13)20-15(24)18-8-11-5-4-6-12(17)7-11/h4-7,10H,8-9H2,1-3H3,(H2,18,19,20,21,24)/t10-/m1/s1. The summed E-state index contributed by atoms with van der Waals surface area (Å²) in [6, 6.07) is 5.48. The Labute approximate surface area is 154 Å². The number of hydrogen-bond acceptors (Lipinski definition) is 6. The van der Waals surface area contributed by atoms with Crippen molar-refractivity contribution >= 4 is 28.6 Å². The first-order valence-corrected chi connectivity index (χ1v) is 8.56. The molecule has 0 saturated carbocycles. The van der Waals surface area contributed by atoms with Crippen LogP contribution in [0.1, 0.15) is 18.3 Å². The highest BCUT2D eigenvalue weighted by Crippen LogP contribution is 2.13. The number of methoxy groups -OCH3 is 1. The first-order chi connectivity index (χ1) is 12.4. The normalized spacial score (nSPS) is 11.7. The second-order valence-corrected chi connectivity index (χ2v) is 6.28. The minimum Gasteiger partial charge on any atom is -0.372 e. The molecule has 0 radical (unpaired) electrons. The number of rotatable bonds is 7. The van der Waals surface area contributed by atoms with E-state index in [1.54, 1.807) is 26.1 Å². The van der Waals surface area contributed by atoms with Crippen LogP contribution >= 0.6 is 11.5 Å². The maximum absolute atomic E-state index is 13.1. The van der Waals surface area contributed by atoms with E-state index in [4.69, 9.17) is 4.74 Å². The lowest BCUT2D eigenvalue weighted by Crippen LogP contribution is -2.35. The van der Waals surface area contributed by atoms with Crippen molar-refractivity contribution in [2.24, 2.45) is 0 Å². The summed E-state index contributed by atoms with van der Waals surface area (Å²) in [6.07, 6.45) is -0.551. The highest BCUT2D eigenvalue weighted by molar-refractivity contribution is 7.09. The molecule has 0 bridgehead atoms. The molecule has 0 aliphatic carbocycles. The number of halogens is 1. The Morgan fingerprint density at radius 2 is 2.19 bits per heavy atom. The van der Waals surface area contributed by atoms with Gasteiger partial charge in [0.2, 0.25) is 5.13 Å². The van der Waals surface area contributed by atoms with Crippen molar-refractivity contribution in [3.63, 3.8) is 0 Å². The smallest absolute Gasteiger partial charge is 0.321 e. The molecule has 3 amide bonds. The van der Waals surface area contributed by atoms with Gasteiger partial charge in [-0.25, -0.2) is 14.2 Å². The molecule has 1 aromatic carbocycles. The van der Waals surface area contributed by atoms with Gasteiger partial charge in [0.15, 0.2) is 5.82 Å². The highest BCUT2D eigenvalue weighted by Gasteiger charge is 2.18. The van der Waals surface area contributed by atoms with Gasteiger partial charge in [-0.2, -0.15) is 4.37 Å². The van der Waals surface area contributed by atoms with Crippen LogP contribution in [0.3, 0.4) is 0 Å². The molecule has 0 spiro atoms. The van der Waals surface area contributed by atoms with Gasteiger partial charge in [0.25, 0.3) is 5.91 Å². The summed E-state index contributed by atoms with van der Waals surface area (Å²) in [5, 5.41) is 5.47. The third-order valence-corrected chi connectivity index (χ3v) is 4.16. The van der Waals surface area contributed by atoms with Gasteiger partial charge in [-0.05, 0) is 24.6 Å². The number of anilines is 1. The lowest BCUT2D eigenvalue weighted by atomic mass is 10.2. The average molecular weight is 381 g/mol. The Kier molecular flexibility index (Phi) is 6.98. The van der Waals surface area contributed by atoms with Crippen molar-refractivity contribution in [1.82, 2.24) is 19.6 Å². The number of nitrogens with one attached hydrogen (secondary N) is 2. The van der Waals surface area contributed by atoms with Crippen LogP contribution in [-0.2, 0) is 22.6 Å². The molecular weight excluding hydrogens is 361 g/mol. The van der Waals surface area contributed by atoms with Gasteiger partial charge in [-0.1, -0.05) is 12.1 Å². The number of amides is 3. The van der Waals surface area contributed by atoms with Crippen LogP contribution in [0.25, 0.3) is 0 Å². The lowest BCUT2D eigenvalue weighted by molar-refractivity contribution is -0.140.